The third-order valence-electron chi connectivity index (χ3n) is 4.47. The highest BCUT2D eigenvalue weighted by Crippen LogP contribution is 2.32. The molecule has 32 heavy (non-hydrogen) atoms. The van der Waals surface area contributed by atoms with Crippen LogP contribution in [0.4, 0.5) is 5.69 Å². The van der Waals surface area contributed by atoms with Crippen LogP contribution in [0.15, 0.2) is 52.5 Å². The van der Waals surface area contributed by atoms with E-state index >= 15 is 0 Å². The third-order valence-corrected chi connectivity index (χ3v) is 6.37. The summed E-state index contributed by atoms with van der Waals surface area (Å²) >= 11 is 1.24. The van der Waals surface area contributed by atoms with Gasteiger partial charge in [0.1, 0.15) is 0 Å². The van der Waals surface area contributed by atoms with E-state index in [4.69, 9.17) is 14.6 Å². The first-order valence-electron chi connectivity index (χ1n) is 9.48. The second kappa shape index (κ2) is 10.0. The van der Waals surface area contributed by atoms with Crippen LogP contribution in [0.2, 0.25) is 0 Å². The monoisotopic (exact) mass is 477 g/mol. The predicted octanol–water partition coefficient (Wildman–Crippen LogP) is 2.36. The fourth-order valence-corrected chi connectivity index (χ4v) is 4.24. The molecule has 2 aromatic carbocycles. The average molecular weight is 478 g/mol. The van der Waals surface area contributed by atoms with Crippen molar-refractivity contribution in [1.82, 2.24) is 14.8 Å². The van der Waals surface area contributed by atoms with Gasteiger partial charge in [-0.25, -0.2) is 13.6 Å². The summed E-state index contributed by atoms with van der Waals surface area (Å²) < 4.78 is 35.2. The van der Waals surface area contributed by atoms with Crippen molar-refractivity contribution >= 4 is 33.4 Å². The molecule has 0 spiro atoms. The second-order valence-corrected chi connectivity index (χ2v) is 9.03. The number of nitrogens with one attached hydrogen (secondary N) is 1. The number of nitrogens with zero attached hydrogens (tertiary/aromatic N) is 3. The lowest BCUT2D eigenvalue weighted by molar-refractivity contribution is -0.113. The fourth-order valence-electron chi connectivity index (χ4n) is 2.92. The SMILES string of the molecule is CCn1c(SCC(=O)Nc2ccc(S(N)(=O)=O)cc2)nnc1-c1ccc(OC)c(OC)c1. The molecule has 12 heteroatoms. The molecule has 10 nitrogen and oxygen atoms in total. The minimum Gasteiger partial charge on any atom is -0.493 e. The van der Waals surface area contributed by atoms with Crippen LogP contribution in [-0.2, 0) is 21.4 Å². The molecule has 0 saturated carbocycles. The first-order valence-corrected chi connectivity index (χ1v) is 12.0. The molecule has 3 aromatic rings. The number of hydrogen-bond acceptors (Lipinski definition) is 8. The van der Waals surface area contributed by atoms with E-state index in [2.05, 4.69) is 15.5 Å². The van der Waals surface area contributed by atoms with Gasteiger partial charge >= 0.3 is 0 Å². The number of nitrogens with two attached hydrogens (primary N) is 1. The van der Waals surface area contributed by atoms with Crippen LogP contribution in [0.3, 0.4) is 0 Å². The zero-order valence-corrected chi connectivity index (χ0v) is 19.4. The number of anilines is 1. The predicted molar refractivity (Wildman–Crippen MR) is 121 cm³/mol. The zero-order chi connectivity index (χ0) is 23.3. The van der Waals surface area contributed by atoms with Gasteiger partial charge in [-0.05, 0) is 49.4 Å². The van der Waals surface area contributed by atoms with Gasteiger partial charge in [-0.15, -0.1) is 10.2 Å². The lowest BCUT2D eigenvalue weighted by Crippen LogP contribution is -2.15. The summed E-state index contributed by atoms with van der Waals surface area (Å²) in [7, 11) is -0.647. The Morgan fingerprint density at radius 3 is 2.38 bits per heavy atom. The highest BCUT2D eigenvalue weighted by Gasteiger charge is 2.17. The van der Waals surface area contributed by atoms with Crippen molar-refractivity contribution in [2.45, 2.75) is 23.5 Å². The van der Waals surface area contributed by atoms with Crippen LogP contribution in [-0.4, -0.2) is 49.1 Å². The Labute approximate surface area is 190 Å². The number of rotatable bonds is 9. The number of primary sulfonamides is 1. The number of carbonyl (C=O) groups excluding carboxylic acids is 1. The Kier molecular flexibility index (Phi) is 7.38. The summed E-state index contributed by atoms with van der Waals surface area (Å²) in [6.45, 7) is 2.57. The first kappa shape index (κ1) is 23.6. The van der Waals surface area contributed by atoms with Crippen LogP contribution in [0.1, 0.15) is 6.92 Å². The van der Waals surface area contributed by atoms with Gasteiger partial charge in [0.2, 0.25) is 15.9 Å². The van der Waals surface area contributed by atoms with Gasteiger partial charge in [0, 0.05) is 17.8 Å². The summed E-state index contributed by atoms with van der Waals surface area (Å²) in [6.07, 6.45) is 0. The summed E-state index contributed by atoms with van der Waals surface area (Å²) in [6, 6.07) is 11.1. The molecular weight excluding hydrogens is 454 g/mol. The van der Waals surface area contributed by atoms with Crippen LogP contribution < -0.4 is 19.9 Å². The molecule has 0 radical (unpaired) electrons. The van der Waals surface area contributed by atoms with Crippen molar-refractivity contribution in [3.05, 3.63) is 42.5 Å². The van der Waals surface area contributed by atoms with E-state index in [9.17, 15) is 13.2 Å². The molecule has 0 atom stereocenters. The molecule has 0 unspecified atom stereocenters. The van der Waals surface area contributed by atoms with E-state index in [1.807, 2.05) is 23.6 Å². The van der Waals surface area contributed by atoms with E-state index in [-0.39, 0.29) is 16.6 Å². The Bertz CT molecular complexity index is 1210. The van der Waals surface area contributed by atoms with E-state index in [0.29, 0.717) is 34.7 Å². The minimum atomic E-state index is -3.78. The van der Waals surface area contributed by atoms with Crippen LogP contribution >= 0.6 is 11.8 Å². The lowest BCUT2D eigenvalue weighted by Gasteiger charge is -2.11. The summed E-state index contributed by atoms with van der Waals surface area (Å²) in [4.78, 5) is 12.3. The molecule has 170 valence electrons. The quantitative estimate of drug-likeness (QED) is 0.448. The van der Waals surface area contributed by atoms with E-state index < -0.39 is 10.0 Å². The lowest BCUT2D eigenvalue weighted by atomic mass is 10.2. The van der Waals surface area contributed by atoms with Crippen LogP contribution in [0, 0.1) is 0 Å². The van der Waals surface area contributed by atoms with Gasteiger partial charge < -0.3 is 19.4 Å². The van der Waals surface area contributed by atoms with Gasteiger partial charge in [0.25, 0.3) is 0 Å². The first-order chi connectivity index (χ1) is 15.3. The van der Waals surface area contributed by atoms with Crippen molar-refractivity contribution in [1.29, 1.82) is 0 Å². The highest BCUT2D eigenvalue weighted by atomic mass is 32.2. The molecule has 0 bridgehead atoms. The molecule has 0 fully saturated rings. The van der Waals surface area contributed by atoms with E-state index in [1.54, 1.807) is 20.3 Å². The number of hydrogen-bond donors (Lipinski definition) is 2. The minimum absolute atomic E-state index is 0.0244. The number of carbonyl (C=O) groups is 1. The maximum absolute atomic E-state index is 12.3. The van der Waals surface area contributed by atoms with Gasteiger partial charge in [0.05, 0.1) is 24.9 Å². The third kappa shape index (κ3) is 5.39. The molecule has 0 aliphatic carbocycles. The van der Waals surface area contributed by atoms with Gasteiger partial charge in [-0.3, -0.25) is 4.79 Å². The number of ether oxygens (including phenoxy) is 2. The Balaban J connectivity index is 1.70. The van der Waals surface area contributed by atoms with Crippen molar-refractivity contribution in [3.63, 3.8) is 0 Å². The molecule has 1 heterocycles. The van der Waals surface area contributed by atoms with Crippen LogP contribution in [0.5, 0.6) is 11.5 Å². The maximum Gasteiger partial charge on any atom is 0.238 e. The topological polar surface area (TPSA) is 138 Å². The Hall–Kier alpha value is -3.09. The Morgan fingerprint density at radius 2 is 1.78 bits per heavy atom. The molecule has 0 aliphatic rings. The van der Waals surface area contributed by atoms with Crippen molar-refractivity contribution in [2.75, 3.05) is 25.3 Å². The number of thioether (sulfide) groups is 1. The summed E-state index contributed by atoms with van der Waals surface area (Å²) in [5.41, 5.74) is 1.27. The molecule has 0 saturated heterocycles. The molecule has 1 amide bonds. The van der Waals surface area contributed by atoms with Crippen LogP contribution in [0.25, 0.3) is 11.4 Å². The largest absolute Gasteiger partial charge is 0.493 e. The number of aromatic nitrogens is 3. The van der Waals surface area contributed by atoms with Gasteiger partial charge in [-0.1, -0.05) is 11.8 Å². The molecule has 0 aliphatic heterocycles. The summed E-state index contributed by atoms with van der Waals surface area (Å²) in [5.74, 6) is 1.67. The normalized spacial score (nSPS) is 11.2. The molecular formula is C20H23N5O5S2. The molecule has 3 N–H and O–H groups in total. The average Bonchev–Trinajstić information content (AvgIpc) is 3.19. The smallest absolute Gasteiger partial charge is 0.238 e. The van der Waals surface area contributed by atoms with E-state index in [1.165, 1.54) is 36.0 Å². The van der Waals surface area contributed by atoms with Crippen molar-refractivity contribution < 1.29 is 22.7 Å². The van der Waals surface area contributed by atoms with Gasteiger partial charge in [-0.2, -0.15) is 0 Å². The number of sulfonamides is 1. The van der Waals surface area contributed by atoms with Gasteiger partial charge in [0.15, 0.2) is 22.5 Å². The fraction of sp³-hybridized carbons (Fsp3) is 0.250. The zero-order valence-electron chi connectivity index (χ0n) is 17.7. The van der Waals surface area contributed by atoms with Crippen molar-refractivity contribution in [3.8, 4) is 22.9 Å². The molecule has 1 aromatic heterocycles. The number of amides is 1. The van der Waals surface area contributed by atoms with E-state index in [0.717, 1.165) is 5.56 Å². The second-order valence-electron chi connectivity index (χ2n) is 6.53. The number of methoxy groups -OCH3 is 2. The highest BCUT2D eigenvalue weighted by molar-refractivity contribution is 7.99. The standard InChI is InChI=1S/C20H23N5O5S2/c1-4-25-19(13-5-10-16(29-2)17(11-13)30-3)23-24-20(25)31-12-18(26)22-14-6-8-15(9-7-14)32(21,27)28/h5-11H,4,12H2,1-3H3,(H,22,26)(H2,21,27,28). The number of benzene rings is 2. The van der Waals surface area contributed by atoms with Crippen molar-refractivity contribution in [2.24, 2.45) is 5.14 Å². The molecule has 3 rings (SSSR count). The Morgan fingerprint density at radius 1 is 1.09 bits per heavy atom. The summed E-state index contributed by atoms with van der Waals surface area (Å²) in [5, 5.41) is 16.9. The maximum atomic E-state index is 12.3.